The zero-order chi connectivity index (χ0) is 19.9. The van der Waals surface area contributed by atoms with Crippen LogP contribution in [0.3, 0.4) is 0 Å². The molecule has 2 aromatic rings. The summed E-state index contributed by atoms with van der Waals surface area (Å²) in [4.78, 5) is 19.1. The highest BCUT2D eigenvalue weighted by molar-refractivity contribution is 5.57. The molecule has 0 amide bonds. The van der Waals surface area contributed by atoms with Crippen molar-refractivity contribution in [3.05, 3.63) is 52.0 Å². The number of hydrogen-bond donors (Lipinski definition) is 3. The molecule has 0 unspecified atom stereocenters. The monoisotopic (exact) mass is 388 g/mol. The third kappa shape index (κ3) is 5.35. The molecule has 0 atom stereocenters. The third-order valence-electron chi connectivity index (χ3n) is 5.19. The molecule has 4 N–H and O–H groups in total. The van der Waals surface area contributed by atoms with Gasteiger partial charge in [0.05, 0.1) is 4.92 Å². The van der Waals surface area contributed by atoms with Gasteiger partial charge in [0.1, 0.15) is 12.0 Å². The van der Waals surface area contributed by atoms with Crippen molar-refractivity contribution in [1.29, 1.82) is 0 Å². The van der Waals surface area contributed by atoms with E-state index in [4.69, 9.17) is 5.73 Å². The molecule has 1 heterocycles. The van der Waals surface area contributed by atoms with Crippen molar-refractivity contribution in [2.45, 2.75) is 32.2 Å². The normalized spacial score (nSPS) is 19.2. The van der Waals surface area contributed by atoms with E-state index >= 15 is 0 Å². The molecule has 9 heteroatoms. The van der Waals surface area contributed by atoms with Crippen molar-refractivity contribution in [3.63, 3.8) is 0 Å². The van der Waals surface area contributed by atoms with E-state index in [0.717, 1.165) is 37.8 Å². The minimum Gasteiger partial charge on any atom is -0.364 e. The SMILES string of the molecule is NCC1CCC(CNc2nc(NCc3ccc(F)cc3)ncc2[N+](=O)[O-])CC1. The summed E-state index contributed by atoms with van der Waals surface area (Å²) in [6, 6.07) is 6.06. The lowest BCUT2D eigenvalue weighted by Gasteiger charge is -2.27. The van der Waals surface area contributed by atoms with Gasteiger partial charge in [-0.15, -0.1) is 0 Å². The van der Waals surface area contributed by atoms with Gasteiger partial charge in [0.25, 0.3) is 0 Å². The molecule has 1 aliphatic carbocycles. The van der Waals surface area contributed by atoms with Crippen molar-refractivity contribution in [1.82, 2.24) is 9.97 Å². The first-order chi connectivity index (χ1) is 13.5. The Morgan fingerprint density at radius 3 is 2.46 bits per heavy atom. The number of nitrogens with two attached hydrogens (primary N) is 1. The highest BCUT2D eigenvalue weighted by Gasteiger charge is 2.22. The molecule has 0 spiro atoms. The number of aromatic nitrogens is 2. The number of benzene rings is 1. The Morgan fingerprint density at radius 2 is 1.82 bits per heavy atom. The molecule has 28 heavy (non-hydrogen) atoms. The van der Waals surface area contributed by atoms with E-state index in [1.165, 1.54) is 18.3 Å². The lowest BCUT2D eigenvalue weighted by Crippen LogP contribution is -2.25. The second-order valence-corrected chi connectivity index (χ2v) is 7.17. The smallest absolute Gasteiger partial charge is 0.329 e. The van der Waals surface area contributed by atoms with Gasteiger partial charge in [-0.1, -0.05) is 12.1 Å². The average Bonchev–Trinajstić information content (AvgIpc) is 2.72. The maximum atomic E-state index is 13.0. The Bertz CT molecular complexity index is 794. The van der Waals surface area contributed by atoms with Crippen LogP contribution in [0.1, 0.15) is 31.2 Å². The summed E-state index contributed by atoms with van der Waals surface area (Å²) in [5, 5.41) is 17.4. The van der Waals surface area contributed by atoms with Crippen molar-refractivity contribution in [2.75, 3.05) is 23.7 Å². The van der Waals surface area contributed by atoms with Crippen LogP contribution in [0.2, 0.25) is 0 Å². The van der Waals surface area contributed by atoms with Crippen LogP contribution < -0.4 is 16.4 Å². The van der Waals surface area contributed by atoms with Gasteiger partial charge in [0, 0.05) is 13.1 Å². The van der Waals surface area contributed by atoms with Crippen LogP contribution in [0.15, 0.2) is 30.5 Å². The molecule has 1 aliphatic rings. The second kappa shape index (κ2) is 9.41. The Balaban J connectivity index is 1.62. The first-order valence-electron chi connectivity index (χ1n) is 9.49. The lowest BCUT2D eigenvalue weighted by atomic mass is 9.82. The van der Waals surface area contributed by atoms with E-state index < -0.39 is 4.92 Å². The van der Waals surface area contributed by atoms with Crippen molar-refractivity contribution >= 4 is 17.5 Å². The lowest BCUT2D eigenvalue weighted by molar-refractivity contribution is -0.384. The second-order valence-electron chi connectivity index (χ2n) is 7.17. The summed E-state index contributed by atoms with van der Waals surface area (Å²) in [7, 11) is 0. The largest absolute Gasteiger partial charge is 0.364 e. The quantitative estimate of drug-likeness (QED) is 0.469. The summed E-state index contributed by atoms with van der Waals surface area (Å²) in [5.74, 6) is 1.23. The molecule has 150 valence electrons. The summed E-state index contributed by atoms with van der Waals surface area (Å²) < 4.78 is 13.0. The molecule has 1 aromatic carbocycles. The van der Waals surface area contributed by atoms with E-state index in [9.17, 15) is 14.5 Å². The van der Waals surface area contributed by atoms with Gasteiger partial charge in [0.15, 0.2) is 0 Å². The first kappa shape index (κ1) is 19.9. The topological polar surface area (TPSA) is 119 Å². The van der Waals surface area contributed by atoms with Crippen molar-refractivity contribution in [3.8, 4) is 0 Å². The van der Waals surface area contributed by atoms with Crippen molar-refractivity contribution < 1.29 is 9.31 Å². The van der Waals surface area contributed by atoms with Gasteiger partial charge in [-0.2, -0.15) is 4.98 Å². The molecule has 1 fully saturated rings. The molecule has 1 aromatic heterocycles. The molecule has 0 saturated heterocycles. The van der Waals surface area contributed by atoms with Gasteiger partial charge < -0.3 is 16.4 Å². The summed E-state index contributed by atoms with van der Waals surface area (Å²) >= 11 is 0. The summed E-state index contributed by atoms with van der Waals surface area (Å²) in [6.07, 6.45) is 5.51. The number of nitrogens with zero attached hydrogens (tertiary/aromatic N) is 3. The van der Waals surface area contributed by atoms with E-state index in [2.05, 4.69) is 20.6 Å². The Morgan fingerprint density at radius 1 is 1.14 bits per heavy atom. The molecule has 3 rings (SSSR count). The summed E-state index contributed by atoms with van der Waals surface area (Å²) in [5.41, 5.74) is 6.43. The fraction of sp³-hybridized carbons (Fsp3) is 0.474. The zero-order valence-electron chi connectivity index (χ0n) is 15.6. The standard InChI is InChI=1S/C19H25FN6O2/c20-16-7-5-15(6-8-16)11-23-19-24-12-17(26(27)28)18(25-19)22-10-14-3-1-13(9-21)2-4-14/h5-8,12-14H,1-4,9-11,21H2,(H2,22,23,24,25). The van der Waals surface area contributed by atoms with E-state index in [0.29, 0.717) is 24.9 Å². The fourth-order valence-corrected chi connectivity index (χ4v) is 3.42. The van der Waals surface area contributed by atoms with Crippen LogP contribution in [0, 0.1) is 27.8 Å². The first-order valence-corrected chi connectivity index (χ1v) is 9.49. The van der Waals surface area contributed by atoms with Gasteiger partial charge in [-0.25, -0.2) is 9.37 Å². The predicted molar refractivity (Wildman–Crippen MR) is 105 cm³/mol. The highest BCUT2D eigenvalue weighted by atomic mass is 19.1. The number of nitro groups is 1. The average molecular weight is 388 g/mol. The molecular weight excluding hydrogens is 363 g/mol. The van der Waals surface area contributed by atoms with Crippen LogP contribution in [-0.4, -0.2) is 28.0 Å². The number of nitrogens with one attached hydrogen (secondary N) is 2. The summed E-state index contributed by atoms with van der Waals surface area (Å²) in [6.45, 7) is 1.74. The van der Waals surface area contributed by atoms with Crippen molar-refractivity contribution in [2.24, 2.45) is 17.6 Å². The highest BCUT2D eigenvalue weighted by Crippen LogP contribution is 2.29. The van der Waals surface area contributed by atoms with Crippen LogP contribution >= 0.6 is 0 Å². The van der Waals surface area contributed by atoms with Crippen LogP contribution in [-0.2, 0) is 6.54 Å². The molecule has 1 saturated carbocycles. The van der Waals surface area contributed by atoms with Crippen LogP contribution in [0.25, 0.3) is 0 Å². The predicted octanol–water partition coefficient (Wildman–Crippen LogP) is 3.31. The Labute approximate surface area is 162 Å². The maximum absolute atomic E-state index is 13.0. The van der Waals surface area contributed by atoms with Gasteiger partial charge in [-0.05, 0) is 61.8 Å². The number of hydrogen-bond acceptors (Lipinski definition) is 7. The van der Waals surface area contributed by atoms with Crippen LogP contribution in [0.5, 0.6) is 0 Å². The minimum absolute atomic E-state index is 0.150. The number of halogens is 1. The third-order valence-corrected chi connectivity index (χ3v) is 5.19. The van der Waals surface area contributed by atoms with Crippen LogP contribution in [0.4, 0.5) is 21.8 Å². The van der Waals surface area contributed by atoms with Gasteiger partial charge in [0.2, 0.25) is 11.8 Å². The number of rotatable bonds is 8. The maximum Gasteiger partial charge on any atom is 0.329 e. The molecule has 0 aliphatic heterocycles. The van der Waals surface area contributed by atoms with E-state index in [1.54, 1.807) is 12.1 Å². The molecule has 8 nitrogen and oxygen atoms in total. The number of anilines is 2. The van der Waals surface area contributed by atoms with Gasteiger partial charge >= 0.3 is 5.69 Å². The molecular formula is C19H25FN6O2. The Kier molecular flexibility index (Phi) is 6.70. The van der Waals surface area contributed by atoms with Gasteiger partial charge in [-0.3, -0.25) is 10.1 Å². The Hall–Kier alpha value is -2.81. The zero-order valence-corrected chi connectivity index (χ0v) is 15.6. The molecule has 0 bridgehead atoms. The van der Waals surface area contributed by atoms with E-state index in [1.807, 2.05) is 0 Å². The molecule has 0 radical (unpaired) electrons. The minimum atomic E-state index is -0.489. The van der Waals surface area contributed by atoms with E-state index in [-0.39, 0.29) is 23.3 Å². The fourth-order valence-electron chi connectivity index (χ4n) is 3.42.